The van der Waals surface area contributed by atoms with Crippen molar-refractivity contribution in [1.82, 2.24) is 5.32 Å². The van der Waals surface area contributed by atoms with Gasteiger partial charge in [-0.2, -0.15) is 0 Å². The standard InChI is InChI=1S/C20H22ClNO4/c1-26-18-9-5-8-17(21)16(18)13-19(23)22-15(10-11-20(24)25)12-14-6-3-2-4-7-14/h2-9,15H,10-13H2,1H3,(H,22,23)(H,24,25). The Morgan fingerprint density at radius 2 is 1.88 bits per heavy atom. The first-order valence-corrected chi connectivity index (χ1v) is 8.74. The summed E-state index contributed by atoms with van der Waals surface area (Å²) in [5.41, 5.74) is 1.66. The van der Waals surface area contributed by atoms with Crippen LogP contribution in [0.3, 0.4) is 0 Å². The van der Waals surface area contributed by atoms with Crippen LogP contribution < -0.4 is 10.1 Å². The van der Waals surface area contributed by atoms with Crippen LogP contribution in [-0.2, 0) is 22.4 Å². The van der Waals surface area contributed by atoms with E-state index in [1.807, 2.05) is 30.3 Å². The van der Waals surface area contributed by atoms with Crippen molar-refractivity contribution in [2.24, 2.45) is 0 Å². The van der Waals surface area contributed by atoms with Crippen LogP contribution in [0.1, 0.15) is 24.0 Å². The number of benzene rings is 2. The number of ether oxygens (including phenoxy) is 1. The second-order valence-electron chi connectivity index (χ2n) is 5.98. The fraction of sp³-hybridized carbons (Fsp3) is 0.300. The highest BCUT2D eigenvalue weighted by Crippen LogP contribution is 2.26. The summed E-state index contributed by atoms with van der Waals surface area (Å²) in [5.74, 6) is -0.550. The first kappa shape index (κ1) is 19.8. The highest BCUT2D eigenvalue weighted by Gasteiger charge is 2.17. The zero-order chi connectivity index (χ0) is 18.9. The molecule has 0 spiro atoms. The molecule has 5 nitrogen and oxygen atoms in total. The predicted molar refractivity (Wildman–Crippen MR) is 101 cm³/mol. The lowest BCUT2D eigenvalue weighted by Crippen LogP contribution is -2.38. The van der Waals surface area contributed by atoms with Crippen molar-refractivity contribution >= 4 is 23.5 Å². The van der Waals surface area contributed by atoms with Gasteiger partial charge in [0.1, 0.15) is 5.75 Å². The third-order valence-electron chi connectivity index (χ3n) is 4.03. The maximum absolute atomic E-state index is 12.5. The Hall–Kier alpha value is -2.53. The normalized spacial score (nSPS) is 11.6. The van der Waals surface area contributed by atoms with Gasteiger partial charge in [0.05, 0.1) is 13.5 Å². The van der Waals surface area contributed by atoms with Crippen LogP contribution in [0.5, 0.6) is 5.75 Å². The Kier molecular flexibility index (Phi) is 7.48. The Balaban J connectivity index is 2.06. The summed E-state index contributed by atoms with van der Waals surface area (Å²) in [4.78, 5) is 23.4. The lowest BCUT2D eigenvalue weighted by molar-refractivity contribution is -0.137. The third-order valence-corrected chi connectivity index (χ3v) is 4.38. The van der Waals surface area contributed by atoms with Gasteiger partial charge >= 0.3 is 5.97 Å². The van der Waals surface area contributed by atoms with Gasteiger partial charge < -0.3 is 15.2 Å². The number of carbonyl (C=O) groups excluding carboxylic acids is 1. The fourth-order valence-electron chi connectivity index (χ4n) is 2.76. The second-order valence-corrected chi connectivity index (χ2v) is 6.39. The van der Waals surface area contributed by atoms with E-state index in [1.54, 1.807) is 18.2 Å². The zero-order valence-corrected chi connectivity index (χ0v) is 15.3. The van der Waals surface area contributed by atoms with Crippen LogP contribution in [0.4, 0.5) is 0 Å². The number of hydrogen-bond acceptors (Lipinski definition) is 3. The monoisotopic (exact) mass is 375 g/mol. The molecule has 0 radical (unpaired) electrons. The SMILES string of the molecule is COc1cccc(Cl)c1CC(=O)NC(CCC(=O)O)Cc1ccccc1. The van der Waals surface area contributed by atoms with Gasteiger partial charge in [0.25, 0.3) is 0 Å². The summed E-state index contributed by atoms with van der Waals surface area (Å²) in [6.07, 6.45) is 0.990. The van der Waals surface area contributed by atoms with E-state index in [1.165, 1.54) is 7.11 Å². The van der Waals surface area contributed by atoms with Gasteiger partial charge in [-0.15, -0.1) is 0 Å². The Labute approximate surface area is 157 Å². The molecule has 0 saturated heterocycles. The molecular formula is C20H22ClNO4. The van der Waals surface area contributed by atoms with E-state index in [-0.39, 0.29) is 24.8 Å². The van der Waals surface area contributed by atoms with Gasteiger partial charge in [-0.3, -0.25) is 9.59 Å². The number of halogens is 1. The Morgan fingerprint density at radius 3 is 2.54 bits per heavy atom. The van der Waals surface area contributed by atoms with Crippen LogP contribution in [0.15, 0.2) is 48.5 Å². The predicted octanol–water partition coefficient (Wildman–Crippen LogP) is 3.48. The number of carboxylic acids is 1. The third kappa shape index (κ3) is 6.08. The molecule has 0 fully saturated rings. The molecule has 138 valence electrons. The maximum Gasteiger partial charge on any atom is 0.303 e. The van der Waals surface area contributed by atoms with Crippen LogP contribution in [0.25, 0.3) is 0 Å². The van der Waals surface area contributed by atoms with Gasteiger partial charge in [-0.25, -0.2) is 0 Å². The fourth-order valence-corrected chi connectivity index (χ4v) is 3.00. The second kappa shape index (κ2) is 9.82. The number of carboxylic acid groups (broad SMARTS) is 1. The molecule has 0 saturated carbocycles. The molecule has 0 bridgehead atoms. The molecule has 0 aliphatic carbocycles. The first-order chi connectivity index (χ1) is 12.5. The Morgan fingerprint density at radius 1 is 1.15 bits per heavy atom. The molecular weight excluding hydrogens is 354 g/mol. The van der Waals surface area contributed by atoms with Crippen molar-refractivity contribution in [1.29, 1.82) is 0 Å². The number of aliphatic carboxylic acids is 1. The van der Waals surface area contributed by atoms with Crippen molar-refractivity contribution < 1.29 is 19.4 Å². The van der Waals surface area contributed by atoms with Gasteiger partial charge in [-0.1, -0.05) is 48.0 Å². The van der Waals surface area contributed by atoms with Gasteiger partial charge in [0.2, 0.25) is 5.91 Å². The van der Waals surface area contributed by atoms with Crippen molar-refractivity contribution in [2.45, 2.75) is 31.7 Å². The molecule has 0 aromatic heterocycles. The molecule has 1 unspecified atom stereocenters. The molecule has 1 atom stereocenters. The summed E-state index contributed by atoms with van der Waals surface area (Å²) in [6, 6.07) is 14.6. The van der Waals surface area contributed by atoms with E-state index in [0.29, 0.717) is 29.2 Å². The maximum atomic E-state index is 12.5. The smallest absolute Gasteiger partial charge is 0.303 e. The van der Waals surface area contributed by atoms with E-state index < -0.39 is 5.97 Å². The van der Waals surface area contributed by atoms with Crippen molar-refractivity contribution in [3.63, 3.8) is 0 Å². The van der Waals surface area contributed by atoms with Crippen LogP contribution in [0.2, 0.25) is 5.02 Å². The molecule has 2 N–H and O–H groups in total. The van der Waals surface area contributed by atoms with Crippen LogP contribution >= 0.6 is 11.6 Å². The molecule has 26 heavy (non-hydrogen) atoms. The number of carbonyl (C=O) groups is 2. The van der Waals surface area contributed by atoms with E-state index in [9.17, 15) is 9.59 Å². The van der Waals surface area contributed by atoms with E-state index in [2.05, 4.69) is 5.32 Å². The average Bonchev–Trinajstić information content (AvgIpc) is 2.62. The molecule has 0 heterocycles. The topological polar surface area (TPSA) is 75.6 Å². The largest absolute Gasteiger partial charge is 0.496 e. The molecule has 2 aromatic carbocycles. The highest BCUT2D eigenvalue weighted by atomic mass is 35.5. The molecule has 1 amide bonds. The lowest BCUT2D eigenvalue weighted by Gasteiger charge is -2.19. The summed E-state index contributed by atoms with van der Waals surface area (Å²) in [5, 5.41) is 12.3. The molecule has 6 heteroatoms. The van der Waals surface area contributed by atoms with Crippen molar-refractivity contribution in [3.8, 4) is 5.75 Å². The van der Waals surface area contributed by atoms with E-state index in [4.69, 9.17) is 21.4 Å². The number of nitrogens with one attached hydrogen (secondary N) is 1. The summed E-state index contributed by atoms with van der Waals surface area (Å²) >= 11 is 6.18. The number of rotatable bonds is 9. The molecule has 2 aromatic rings. The quantitative estimate of drug-likeness (QED) is 0.703. The highest BCUT2D eigenvalue weighted by molar-refractivity contribution is 6.31. The molecule has 0 aliphatic rings. The molecule has 2 rings (SSSR count). The van der Waals surface area contributed by atoms with Crippen LogP contribution in [-0.4, -0.2) is 30.1 Å². The van der Waals surface area contributed by atoms with E-state index >= 15 is 0 Å². The minimum Gasteiger partial charge on any atom is -0.496 e. The van der Waals surface area contributed by atoms with Crippen molar-refractivity contribution in [3.05, 3.63) is 64.7 Å². The zero-order valence-electron chi connectivity index (χ0n) is 14.6. The summed E-state index contributed by atoms with van der Waals surface area (Å²) < 4.78 is 5.26. The number of hydrogen-bond donors (Lipinski definition) is 2. The lowest BCUT2D eigenvalue weighted by atomic mass is 10.0. The van der Waals surface area contributed by atoms with Gasteiger partial charge in [-0.05, 0) is 30.5 Å². The minimum atomic E-state index is -0.884. The van der Waals surface area contributed by atoms with Crippen LogP contribution in [0, 0.1) is 0 Å². The number of amides is 1. The number of methoxy groups -OCH3 is 1. The summed E-state index contributed by atoms with van der Waals surface area (Å²) in [7, 11) is 1.53. The Bertz CT molecular complexity index is 749. The summed E-state index contributed by atoms with van der Waals surface area (Å²) in [6.45, 7) is 0. The average molecular weight is 376 g/mol. The molecule has 0 aliphatic heterocycles. The van der Waals surface area contributed by atoms with Crippen molar-refractivity contribution in [2.75, 3.05) is 7.11 Å². The van der Waals surface area contributed by atoms with Gasteiger partial charge in [0.15, 0.2) is 0 Å². The van der Waals surface area contributed by atoms with Gasteiger partial charge in [0, 0.05) is 23.0 Å². The first-order valence-electron chi connectivity index (χ1n) is 8.36. The van der Waals surface area contributed by atoms with E-state index in [0.717, 1.165) is 5.56 Å². The minimum absolute atomic E-state index is 0.00675.